The van der Waals surface area contributed by atoms with Crippen LogP contribution in [-0.4, -0.2) is 166 Å². The smallest absolute Gasteiger partial charge is 0.303 e. The molecule has 2 atom stereocenters. The van der Waals surface area contributed by atoms with Crippen molar-refractivity contribution in [3.05, 3.63) is 29.8 Å². The number of amides is 6. The first-order valence-electron chi connectivity index (χ1n) is 22.4. The van der Waals surface area contributed by atoms with E-state index in [-0.39, 0.29) is 92.4 Å². The van der Waals surface area contributed by atoms with E-state index in [2.05, 4.69) is 71.1 Å². The number of phenols is 1. The highest BCUT2D eigenvalue weighted by Gasteiger charge is 2.34. The zero-order valence-electron chi connectivity index (χ0n) is 36.9. The summed E-state index contributed by atoms with van der Waals surface area (Å²) in [7, 11) is 0. The number of aromatic hydroxyl groups is 1. The highest BCUT2D eigenvalue weighted by atomic mass is 32.1. The molecule has 2 bridgehead atoms. The molecule has 1 aromatic rings. The first kappa shape index (κ1) is 53.8. The predicted octanol–water partition coefficient (Wildman–Crippen LogP) is -3.30. The minimum atomic E-state index is -0.933. The molecule has 0 spiro atoms. The molecular formula is C42H72N12O9S. The summed E-state index contributed by atoms with van der Waals surface area (Å²) in [5, 5.41) is 54.2. The van der Waals surface area contributed by atoms with Gasteiger partial charge in [0.2, 0.25) is 35.4 Å². The largest absolute Gasteiger partial charge is 0.508 e. The first-order valence-corrected chi connectivity index (χ1v) is 23.0. The molecule has 1 unspecified atom stereocenters. The van der Waals surface area contributed by atoms with Crippen molar-refractivity contribution in [1.29, 1.82) is 0 Å². The first-order chi connectivity index (χ1) is 30.7. The van der Waals surface area contributed by atoms with Gasteiger partial charge in [0.15, 0.2) is 0 Å². The number of hydrogen-bond donors (Lipinski definition) is 15. The van der Waals surface area contributed by atoms with Crippen molar-refractivity contribution in [1.82, 2.24) is 58.5 Å². The van der Waals surface area contributed by atoms with E-state index in [0.29, 0.717) is 104 Å². The number of fused-ring (bicyclic) bond motifs is 15. The van der Waals surface area contributed by atoms with Gasteiger partial charge in [-0.05, 0) is 43.4 Å². The van der Waals surface area contributed by atoms with E-state index in [9.17, 15) is 38.7 Å². The van der Waals surface area contributed by atoms with E-state index >= 15 is 0 Å². The Bertz CT molecular complexity index is 1600. The van der Waals surface area contributed by atoms with Crippen LogP contribution in [0.25, 0.3) is 0 Å². The van der Waals surface area contributed by atoms with Crippen molar-refractivity contribution in [3.8, 4) is 5.75 Å². The third-order valence-corrected chi connectivity index (χ3v) is 11.3. The molecule has 3 heterocycles. The molecule has 0 aliphatic carbocycles. The van der Waals surface area contributed by atoms with Crippen LogP contribution in [0.3, 0.4) is 0 Å². The van der Waals surface area contributed by atoms with Crippen molar-refractivity contribution < 1.29 is 43.8 Å². The summed E-state index contributed by atoms with van der Waals surface area (Å²) < 4.78 is 0. The van der Waals surface area contributed by atoms with E-state index in [1.54, 1.807) is 12.1 Å². The van der Waals surface area contributed by atoms with Gasteiger partial charge in [-0.25, -0.2) is 0 Å². The number of carbonyl (C=O) groups is 7. The standard InChI is InChI=1S/C42H72N12O9S/c43-39(62)33(23-64)52-34(56)6-2-1-3-15-50-40(63)32(22-30-11-13-31(55)14-12-30)51-35(57)7-4-8-36(58)53-41-24-44-16-19-47-27-42(28-48-20-17-45-25-41,29-49-21-18-46-26-41)54-37(59)9-5-10-38(60)61/h11-14,32-33,44-49,55,64H,1-10,15-29H2,(H2,43,62)(H,50,63)(H,51,57)(H,52,56)(H,53,58)(H,54,59)(H,60,61)/t32?,33-,41?,42?/m0/s1. The number of rotatable bonds is 23. The molecule has 0 saturated carbocycles. The third kappa shape index (κ3) is 21.9. The number of thiol groups is 1. The van der Waals surface area contributed by atoms with Crippen molar-refractivity contribution in [3.63, 3.8) is 0 Å². The van der Waals surface area contributed by atoms with Crippen LogP contribution in [0.1, 0.15) is 69.8 Å². The van der Waals surface area contributed by atoms with Gasteiger partial charge >= 0.3 is 5.97 Å². The van der Waals surface area contributed by atoms with Gasteiger partial charge in [0, 0.05) is 129 Å². The Kier molecular flexibility index (Phi) is 25.0. The number of unbranched alkanes of at least 4 members (excludes halogenated alkanes) is 2. The molecule has 3 fully saturated rings. The Hall–Kier alpha value is -4.58. The van der Waals surface area contributed by atoms with Crippen LogP contribution in [0.2, 0.25) is 0 Å². The number of benzene rings is 1. The number of primary amides is 1. The fourth-order valence-corrected chi connectivity index (χ4v) is 7.67. The molecule has 0 radical (unpaired) electrons. The Balaban J connectivity index is 1.53. The Morgan fingerprint density at radius 3 is 1.45 bits per heavy atom. The number of phenolic OH excluding ortho intramolecular Hbond substituents is 1. The number of carboxylic acid groups (broad SMARTS) is 1. The van der Waals surface area contributed by atoms with Gasteiger partial charge in [-0.1, -0.05) is 18.6 Å². The van der Waals surface area contributed by atoms with Gasteiger partial charge in [-0.3, -0.25) is 33.6 Å². The second-order valence-corrected chi connectivity index (χ2v) is 17.0. The van der Waals surface area contributed by atoms with E-state index in [1.165, 1.54) is 12.1 Å². The summed E-state index contributed by atoms with van der Waals surface area (Å²) in [4.78, 5) is 87.5. The lowest BCUT2D eigenvalue weighted by Gasteiger charge is -2.39. The third-order valence-electron chi connectivity index (χ3n) is 10.9. The molecule has 21 nitrogen and oxygen atoms in total. The number of carbonyl (C=O) groups excluding carboxylic acids is 6. The Morgan fingerprint density at radius 2 is 1.02 bits per heavy atom. The Morgan fingerprint density at radius 1 is 0.594 bits per heavy atom. The van der Waals surface area contributed by atoms with Crippen LogP contribution < -0.4 is 64.2 Å². The summed E-state index contributed by atoms with van der Waals surface area (Å²) in [5.74, 6) is -2.91. The minimum absolute atomic E-state index is 0.00765. The number of aliphatic carboxylic acids is 1. The van der Waals surface area contributed by atoms with Gasteiger partial charge in [-0.15, -0.1) is 0 Å². The molecule has 360 valence electrons. The lowest BCUT2D eigenvalue weighted by Crippen LogP contribution is -2.68. The zero-order valence-corrected chi connectivity index (χ0v) is 37.8. The quantitative estimate of drug-likeness (QED) is 0.0378. The van der Waals surface area contributed by atoms with Crippen LogP contribution >= 0.6 is 12.6 Å². The summed E-state index contributed by atoms with van der Waals surface area (Å²) in [6.45, 7) is 6.57. The van der Waals surface area contributed by atoms with Crippen molar-refractivity contribution >= 4 is 54.0 Å². The normalized spacial score (nSPS) is 20.9. The fraction of sp³-hybridized carbons (Fsp3) is 0.690. The molecule has 4 rings (SSSR count). The van der Waals surface area contributed by atoms with E-state index < -0.39 is 35.0 Å². The van der Waals surface area contributed by atoms with E-state index in [0.717, 1.165) is 5.56 Å². The van der Waals surface area contributed by atoms with Crippen LogP contribution in [0.15, 0.2) is 24.3 Å². The molecule has 3 aliphatic rings. The Labute approximate surface area is 381 Å². The van der Waals surface area contributed by atoms with Gasteiger partial charge in [-0.2, -0.15) is 12.6 Å². The second-order valence-electron chi connectivity index (χ2n) is 16.6. The van der Waals surface area contributed by atoms with E-state index in [1.807, 2.05) is 0 Å². The van der Waals surface area contributed by atoms with E-state index in [4.69, 9.17) is 10.8 Å². The van der Waals surface area contributed by atoms with Crippen molar-refractivity contribution in [2.24, 2.45) is 5.73 Å². The molecule has 0 aromatic heterocycles. The van der Waals surface area contributed by atoms with Crippen LogP contribution in [-0.2, 0) is 40.0 Å². The van der Waals surface area contributed by atoms with Gasteiger partial charge < -0.3 is 74.4 Å². The maximum Gasteiger partial charge on any atom is 0.303 e. The highest BCUT2D eigenvalue weighted by Crippen LogP contribution is 2.13. The van der Waals surface area contributed by atoms with Crippen molar-refractivity contribution in [2.45, 2.75) is 93.8 Å². The average molecular weight is 921 g/mol. The monoisotopic (exact) mass is 921 g/mol. The lowest BCUT2D eigenvalue weighted by atomic mass is 9.96. The molecular weight excluding hydrogens is 849 g/mol. The number of carboxylic acids is 1. The van der Waals surface area contributed by atoms with Gasteiger partial charge in [0.25, 0.3) is 0 Å². The second kappa shape index (κ2) is 29.8. The minimum Gasteiger partial charge on any atom is -0.508 e. The van der Waals surface area contributed by atoms with Crippen LogP contribution in [0, 0.1) is 0 Å². The topological polar surface area (TPSA) is 318 Å². The molecule has 22 heteroatoms. The van der Waals surface area contributed by atoms with Gasteiger partial charge in [0.05, 0.1) is 11.1 Å². The summed E-state index contributed by atoms with van der Waals surface area (Å²) >= 11 is 4.02. The molecule has 3 saturated heterocycles. The molecule has 64 heavy (non-hydrogen) atoms. The molecule has 1 aromatic carbocycles. The highest BCUT2D eigenvalue weighted by molar-refractivity contribution is 7.80. The number of hydrogen-bond acceptors (Lipinski definition) is 15. The summed E-state index contributed by atoms with van der Waals surface area (Å²) in [6, 6.07) is 4.61. The maximum atomic E-state index is 13.6. The summed E-state index contributed by atoms with van der Waals surface area (Å²) in [6.07, 6.45) is 2.74. The van der Waals surface area contributed by atoms with Crippen LogP contribution in [0.4, 0.5) is 0 Å². The molecule has 3 aliphatic heterocycles. The number of nitrogens with one attached hydrogen (secondary N) is 11. The number of nitrogens with two attached hydrogens (primary N) is 1. The van der Waals surface area contributed by atoms with Crippen LogP contribution in [0.5, 0.6) is 5.75 Å². The van der Waals surface area contributed by atoms with Gasteiger partial charge in [0.1, 0.15) is 17.8 Å². The average Bonchev–Trinajstić information content (AvgIpc) is 3.24. The zero-order chi connectivity index (χ0) is 46.6. The summed E-state index contributed by atoms with van der Waals surface area (Å²) in [5.41, 5.74) is 4.62. The predicted molar refractivity (Wildman–Crippen MR) is 245 cm³/mol. The fourth-order valence-electron chi connectivity index (χ4n) is 7.40. The van der Waals surface area contributed by atoms with Crippen molar-refractivity contribution in [2.75, 3.05) is 90.8 Å². The maximum absolute atomic E-state index is 13.6. The SMILES string of the molecule is NC(=O)[C@H](CS)NC(=O)CCCCCNC(=O)C(Cc1ccc(O)cc1)NC(=O)CCCC(=O)NC12CNCCNCC(NC(=O)CCCC(=O)O)(CNCCNC1)CNCCNC2. The molecule has 6 amide bonds. The molecule has 15 N–H and O–H groups in total. The lowest BCUT2D eigenvalue weighted by molar-refractivity contribution is -0.137.